The summed E-state index contributed by atoms with van der Waals surface area (Å²) >= 11 is 5.86. The van der Waals surface area contributed by atoms with Gasteiger partial charge in [-0.05, 0) is 36.3 Å². The van der Waals surface area contributed by atoms with Crippen molar-refractivity contribution in [2.45, 2.75) is 13.0 Å². The molecule has 0 bridgehead atoms. The maximum atomic E-state index is 12.5. The Bertz CT molecular complexity index is 908. The topological polar surface area (TPSA) is 58.6 Å². The highest BCUT2D eigenvalue weighted by Gasteiger charge is 2.24. The smallest absolute Gasteiger partial charge is 0.233 e. The zero-order valence-corrected chi connectivity index (χ0v) is 17.4. The molecule has 2 aromatic rings. The number of halogens is 1. The van der Waals surface area contributed by atoms with Gasteiger partial charge in [-0.1, -0.05) is 53.6 Å². The van der Waals surface area contributed by atoms with Gasteiger partial charge in [-0.3, -0.25) is 4.90 Å². The summed E-state index contributed by atoms with van der Waals surface area (Å²) < 4.78 is 33.2. The van der Waals surface area contributed by atoms with Crippen molar-refractivity contribution in [3.05, 3.63) is 75.7 Å². The molecule has 1 aliphatic heterocycles. The van der Waals surface area contributed by atoms with Crippen LogP contribution in [0.2, 0.25) is 5.02 Å². The Morgan fingerprint density at radius 1 is 1.18 bits per heavy atom. The van der Waals surface area contributed by atoms with Crippen LogP contribution < -0.4 is 4.72 Å². The number of morpholine rings is 1. The molecule has 7 heteroatoms. The van der Waals surface area contributed by atoms with Crippen LogP contribution in [-0.2, 0) is 14.8 Å². The van der Waals surface area contributed by atoms with Gasteiger partial charge >= 0.3 is 0 Å². The lowest BCUT2D eigenvalue weighted by molar-refractivity contribution is 0.0172. The summed E-state index contributed by atoms with van der Waals surface area (Å²) in [6.45, 7) is 5.22. The van der Waals surface area contributed by atoms with Gasteiger partial charge in [0.25, 0.3) is 0 Å². The molecule has 150 valence electrons. The van der Waals surface area contributed by atoms with Gasteiger partial charge in [0.1, 0.15) is 0 Å². The minimum Gasteiger partial charge on any atom is -0.379 e. The van der Waals surface area contributed by atoms with E-state index in [0.717, 1.165) is 29.8 Å². The zero-order chi connectivity index (χ0) is 20.0. The van der Waals surface area contributed by atoms with E-state index in [4.69, 9.17) is 16.3 Å². The van der Waals surface area contributed by atoms with Crippen molar-refractivity contribution in [1.29, 1.82) is 0 Å². The van der Waals surface area contributed by atoms with Crippen molar-refractivity contribution in [3.63, 3.8) is 0 Å². The lowest BCUT2D eigenvalue weighted by Gasteiger charge is -2.35. The van der Waals surface area contributed by atoms with E-state index in [1.54, 1.807) is 30.3 Å². The second kappa shape index (κ2) is 9.67. The van der Waals surface area contributed by atoms with Gasteiger partial charge in [0, 0.05) is 36.1 Å². The SMILES string of the molecule is Cc1cccc(C(CNS(=O)(=O)/C=C/c2ccc(Cl)cc2)N2CCOCC2)c1. The lowest BCUT2D eigenvalue weighted by Crippen LogP contribution is -2.43. The van der Waals surface area contributed by atoms with E-state index in [1.165, 1.54) is 5.41 Å². The molecule has 0 amide bonds. The summed E-state index contributed by atoms with van der Waals surface area (Å²) in [6.07, 6.45) is 1.56. The molecule has 1 atom stereocenters. The number of nitrogens with zero attached hydrogens (tertiary/aromatic N) is 1. The molecule has 0 spiro atoms. The van der Waals surface area contributed by atoms with E-state index < -0.39 is 10.0 Å². The molecule has 1 fully saturated rings. The van der Waals surface area contributed by atoms with Crippen molar-refractivity contribution < 1.29 is 13.2 Å². The van der Waals surface area contributed by atoms with E-state index in [0.29, 0.717) is 24.8 Å². The summed E-state index contributed by atoms with van der Waals surface area (Å²) in [5, 5.41) is 1.81. The third-order valence-corrected chi connectivity index (χ3v) is 6.02. The summed E-state index contributed by atoms with van der Waals surface area (Å²) in [5.74, 6) is 0. The highest BCUT2D eigenvalue weighted by molar-refractivity contribution is 7.92. The molecule has 1 N–H and O–H groups in total. The third kappa shape index (κ3) is 6.15. The quantitative estimate of drug-likeness (QED) is 0.743. The third-order valence-electron chi connectivity index (χ3n) is 4.70. The van der Waals surface area contributed by atoms with E-state index in [9.17, 15) is 8.42 Å². The minimum absolute atomic E-state index is 0.0393. The van der Waals surface area contributed by atoms with Crippen LogP contribution in [-0.4, -0.2) is 46.2 Å². The lowest BCUT2D eigenvalue weighted by atomic mass is 10.0. The number of nitrogens with one attached hydrogen (secondary N) is 1. The summed E-state index contributed by atoms with van der Waals surface area (Å²) in [6, 6.07) is 15.2. The van der Waals surface area contributed by atoms with Crippen LogP contribution in [0.5, 0.6) is 0 Å². The number of hydrogen-bond acceptors (Lipinski definition) is 4. The van der Waals surface area contributed by atoms with Gasteiger partial charge in [-0.15, -0.1) is 0 Å². The molecule has 3 rings (SSSR count). The van der Waals surface area contributed by atoms with Crippen molar-refractivity contribution in [3.8, 4) is 0 Å². The fourth-order valence-corrected chi connectivity index (χ4v) is 4.16. The van der Waals surface area contributed by atoms with Gasteiger partial charge in [0.15, 0.2) is 0 Å². The zero-order valence-electron chi connectivity index (χ0n) is 15.8. The molecule has 5 nitrogen and oxygen atoms in total. The molecular weight excluding hydrogens is 396 g/mol. The number of ether oxygens (including phenoxy) is 1. The van der Waals surface area contributed by atoms with Crippen LogP contribution in [0.3, 0.4) is 0 Å². The van der Waals surface area contributed by atoms with E-state index in [2.05, 4.69) is 15.7 Å². The maximum Gasteiger partial charge on any atom is 0.233 e. The fraction of sp³-hybridized carbons (Fsp3) is 0.333. The molecular formula is C21H25ClN2O3S. The highest BCUT2D eigenvalue weighted by Crippen LogP contribution is 2.22. The Morgan fingerprint density at radius 2 is 1.89 bits per heavy atom. The summed E-state index contributed by atoms with van der Waals surface area (Å²) in [7, 11) is -3.56. The van der Waals surface area contributed by atoms with E-state index >= 15 is 0 Å². The van der Waals surface area contributed by atoms with Crippen LogP contribution in [0.25, 0.3) is 6.08 Å². The normalized spacial score (nSPS) is 17.1. The first-order valence-electron chi connectivity index (χ1n) is 9.25. The van der Waals surface area contributed by atoms with Crippen molar-refractivity contribution in [2.75, 3.05) is 32.8 Å². The number of benzene rings is 2. The first-order valence-corrected chi connectivity index (χ1v) is 11.2. The molecule has 1 saturated heterocycles. The van der Waals surface area contributed by atoms with Gasteiger partial charge in [-0.2, -0.15) is 0 Å². The maximum absolute atomic E-state index is 12.5. The van der Waals surface area contributed by atoms with Crippen molar-refractivity contribution in [1.82, 2.24) is 9.62 Å². The molecule has 1 heterocycles. The minimum atomic E-state index is -3.56. The number of rotatable bonds is 7. The van der Waals surface area contributed by atoms with Crippen LogP contribution in [0, 0.1) is 6.92 Å². The Hall–Kier alpha value is -1.70. The molecule has 28 heavy (non-hydrogen) atoms. The standard InChI is InChI=1S/C21H25ClN2O3S/c1-17-3-2-4-19(15-17)21(24-10-12-27-13-11-24)16-23-28(25,26)14-9-18-5-7-20(22)8-6-18/h2-9,14-15,21,23H,10-13,16H2,1H3/b14-9+. The van der Waals surface area contributed by atoms with E-state index in [1.807, 2.05) is 25.1 Å². The molecule has 1 unspecified atom stereocenters. The Morgan fingerprint density at radius 3 is 2.57 bits per heavy atom. The van der Waals surface area contributed by atoms with Gasteiger partial charge < -0.3 is 4.74 Å². The summed E-state index contributed by atoms with van der Waals surface area (Å²) in [4.78, 5) is 2.27. The van der Waals surface area contributed by atoms with Gasteiger partial charge in [0.2, 0.25) is 10.0 Å². The average Bonchev–Trinajstić information content (AvgIpc) is 2.69. The molecule has 0 aromatic heterocycles. The van der Waals surface area contributed by atoms with Crippen LogP contribution in [0.1, 0.15) is 22.7 Å². The molecule has 0 radical (unpaired) electrons. The first kappa shape index (κ1) is 21.0. The Labute approximate surface area is 172 Å². The second-order valence-electron chi connectivity index (χ2n) is 6.83. The van der Waals surface area contributed by atoms with Crippen LogP contribution in [0.15, 0.2) is 53.9 Å². The monoisotopic (exact) mass is 420 g/mol. The highest BCUT2D eigenvalue weighted by atomic mass is 35.5. The van der Waals surface area contributed by atoms with Crippen molar-refractivity contribution in [2.24, 2.45) is 0 Å². The van der Waals surface area contributed by atoms with Gasteiger partial charge in [-0.25, -0.2) is 13.1 Å². The Kier molecular flexibility index (Phi) is 7.26. The number of hydrogen-bond donors (Lipinski definition) is 1. The number of sulfonamides is 1. The van der Waals surface area contributed by atoms with Crippen LogP contribution >= 0.6 is 11.6 Å². The van der Waals surface area contributed by atoms with E-state index in [-0.39, 0.29) is 6.04 Å². The largest absolute Gasteiger partial charge is 0.379 e. The predicted molar refractivity (Wildman–Crippen MR) is 114 cm³/mol. The average molecular weight is 421 g/mol. The fourth-order valence-electron chi connectivity index (χ4n) is 3.21. The molecule has 0 aliphatic carbocycles. The summed E-state index contributed by atoms with van der Waals surface area (Å²) in [5.41, 5.74) is 3.03. The predicted octanol–water partition coefficient (Wildman–Crippen LogP) is 3.61. The second-order valence-corrected chi connectivity index (χ2v) is 8.91. The molecule has 0 saturated carbocycles. The van der Waals surface area contributed by atoms with Gasteiger partial charge in [0.05, 0.1) is 13.2 Å². The Balaban J connectivity index is 1.72. The molecule has 2 aromatic carbocycles. The first-order chi connectivity index (χ1) is 13.4. The van der Waals surface area contributed by atoms with Crippen LogP contribution in [0.4, 0.5) is 0 Å². The van der Waals surface area contributed by atoms with Crippen molar-refractivity contribution >= 4 is 27.7 Å². The number of aryl methyl sites for hydroxylation is 1. The molecule has 1 aliphatic rings.